The Balaban J connectivity index is 2.05. The monoisotopic (exact) mass is 252 g/mol. The van der Waals surface area contributed by atoms with Gasteiger partial charge in [-0.1, -0.05) is 12.8 Å². The molecular formula is C13H17FN2O2. The Morgan fingerprint density at radius 3 is 2.50 bits per heavy atom. The van der Waals surface area contributed by atoms with Gasteiger partial charge in [0.05, 0.1) is 0 Å². The summed E-state index contributed by atoms with van der Waals surface area (Å²) in [5.41, 5.74) is -0.348. The van der Waals surface area contributed by atoms with Gasteiger partial charge in [-0.3, -0.25) is 9.59 Å². The van der Waals surface area contributed by atoms with Crippen molar-refractivity contribution in [1.29, 1.82) is 0 Å². The number of halogens is 1. The number of nitrogens with zero attached hydrogens (tertiary/aromatic N) is 2. The zero-order valence-corrected chi connectivity index (χ0v) is 10.3. The SMILES string of the molecule is O=C(Cn1cc(F)ccc1=O)N1CCCCCC1. The first kappa shape index (κ1) is 12.8. The number of hydrogen-bond acceptors (Lipinski definition) is 2. The van der Waals surface area contributed by atoms with Crippen molar-refractivity contribution < 1.29 is 9.18 Å². The molecule has 1 aromatic heterocycles. The Hall–Kier alpha value is -1.65. The van der Waals surface area contributed by atoms with E-state index >= 15 is 0 Å². The van der Waals surface area contributed by atoms with Crippen LogP contribution >= 0.6 is 0 Å². The number of hydrogen-bond donors (Lipinski definition) is 0. The standard InChI is InChI=1S/C13H17FN2O2/c14-11-5-6-12(17)16(9-11)10-13(18)15-7-3-1-2-4-8-15/h5-6,9H,1-4,7-8,10H2. The van der Waals surface area contributed by atoms with E-state index in [1.165, 1.54) is 0 Å². The van der Waals surface area contributed by atoms with Gasteiger partial charge in [-0.05, 0) is 18.9 Å². The fourth-order valence-corrected chi connectivity index (χ4v) is 2.19. The molecule has 1 aliphatic rings. The lowest BCUT2D eigenvalue weighted by Gasteiger charge is -2.20. The largest absolute Gasteiger partial charge is 0.341 e. The summed E-state index contributed by atoms with van der Waals surface area (Å²) in [7, 11) is 0. The third-order valence-electron chi connectivity index (χ3n) is 3.21. The first-order valence-corrected chi connectivity index (χ1v) is 6.30. The van der Waals surface area contributed by atoms with Gasteiger partial charge in [0.15, 0.2) is 0 Å². The van der Waals surface area contributed by atoms with Gasteiger partial charge >= 0.3 is 0 Å². The fraction of sp³-hybridized carbons (Fsp3) is 0.538. The number of pyridine rings is 1. The smallest absolute Gasteiger partial charge is 0.251 e. The van der Waals surface area contributed by atoms with E-state index in [0.717, 1.165) is 61.7 Å². The maximum Gasteiger partial charge on any atom is 0.251 e. The van der Waals surface area contributed by atoms with Crippen LogP contribution in [0.4, 0.5) is 4.39 Å². The van der Waals surface area contributed by atoms with Crippen LogP contribution in [0.25, 0.3) is 0 Å². The predicted molar refractivity (Wildman–Crippen MR) is 65.7 cm³/mol. The molecule has 0 bridgehead atoms. The van der Waals surface area contributed by atoms with Gasteiger partial charge in [-0.2, -0.15) is 0 Å². The van der Waals surface area contributed by atoms with Gasteiger partial charge in [0.25, 0.3) is 5.56 Å². The highest BCUT2D eigenvalue weighted by molar-refractivity contribution is 5.76. The Bertz CT molecular complexity index is 476. The maximum absolute atomic E-state index is 13.0. The second-order valence-corrected chi connectivity index (χ2v) is 4.61. The molecule has 0 N–H and O–H groups in total. The van der Waals surface area contributed by atoms with Crippen LogP contribution in [-0.4, -0.2) is 28.5 Å². The average molecular weight is 252 g/mol. The lowest BCUT2D eigenvalue weighted by Crippen LogP contribution is -2.36. The molecule has 0 aromatic carbocycles. The van der Waals surface area contributed by atoms with Gasteiger partial charge in [-0.25, -0.2) is 4.39 Å². The molecular weight excluding hydrogens is 235 g/mol. The van der Waals surface area contributed by atoms with Crippen LogP contribution in [0.3, 0.4) is 0 Å². The van der Waals surface area contributed by atoms with E-state index < -0.39 is 5.82 Å². The van der Waals surface area contributed by atoms with E-state index in [1.807, 2.05) is 0 Å². The normalized spacial score (nSPS) is 16.4. The lowest BCUT2D eigenvalue weighted by molar-refractivity contribution is -0.131. The van der Waals surface area contributed by atoms with Crippen LogP contribution in [0.1, 0.15) is 25.7 Å². The number of amides is 1. The molecule has 1 saturated heterocycles. The Kier molecular flexibility index (Phi) is 4.12. The van der Waals surface area contributed by atoms with E-state index in [2.05, 4.69) is 0 Å². The van der Waals surface area contributed by atoms with E-state index in [4.69, 9.17) is 0 Å². The number of likely N-dealkylation sites (tertiary alicyclic amines) is 1. The fourth-order valence-electron chi connectivity index (χ4n) is 2.19. The summed E-state index contributed by atoms with van der Waals surface area (Å²) in [5, 5.41) is 0. The summed E-state index contributed by atoms with van der Waals surface area (Å²) >= 11 is 0. The van der Waals surface area contributed by atoms with Gasteiger partial charge < -0.3 is 9.47 Å². The molecule has 1 aromatic rings. The lowest BCUT2D eigenvalue weighted by atomic mass is 10.2. The van der Waals surface area contributed by atoms with Crippen molar-refractivity contribution in [2.75, 3.05) is 13.1 Å². The van der Waals surface area contributed by atoms with Crippen molar-refractivity contribution in [2.24, 2.45) is 0 Å². The van der Waals surface area contributed by atoms with Gasteiger partial charge in [0, 0.05) is 25.4 Å². The molecule has 0 aliphatic carbocycles. The molecule has 0 spiro atoms. The van der Waals surface area contributed by atoms with E-state index in [-0.39, 0.29) is 18.0 Å². The maximum atomic E-state index is 13.0. The van der Waals surface area contributed by atoms with Crippen molar-refractivity contribution in [3.8, 4) is 0 Å². The quantitative estimate of drug-likeness (QED) is 0.798. The van der Waals surface area contributed by atoms with Crippen LogP contribution in [-0.2, 0) is 11.3 Å². The third-order valence-corrected chi connectivity index (χ3v) is 3.21. The second kappa shape index (κ2) is 5.80. The molecule has 5 heteroatoms. The summed E-state index contributed by atoms with van der Waals surface area (Å²) in [6.07, 6.45) is 5.37. The first-order valence-electron chi connectivity index (χ1n) is 6.30. The summed E-state index contributed by atoms with van der Waals surface area (Å²) in [6, 6.07) is 2.25. The summed E-state index contributed by atoms with van der Waals surface area (Å²) in [4.78, 5) is 25.3. The van der Waals surface area contributed by atoms with Crippen LogP contribution in [0.2, 0.25) is 0 Å². The third kappa shape index (κ3) is 3.18. The first-order chi connectivity index (χ1) is 8.66. The van der Waals surface area contributed by atoms with Crippen LogP contribution < -0.4 is 5.56 Å². The van der Waals surface area contributed by atoms with Gasteiger partial charge in [-0.15, -0.1) is 0 Å². The average Bonchev–Trinajstić information content (AvgIpc) is 2.62. The van der Waals surface area contributed by atoms with Crippen molar-refractivity contribution in [1.82, 2.24) is 9.47 Å². The molecule has 1 aliphatic heterocycles. The second-order valence-electron chi connectivity index (χ2n) is 4.61. The van der Waals surface area contributed by atoms with Crippen LogP contribution in [0, 0.1) is 5.82 Å². The summed E-state index contributed by atoms with van der Waals surface area (Å²) in [6.45, 7) is 1.41. The molecule has 0 radical (unpaired) electrons. The van der Waals surface area contributed by atoms with Crippen molar-refractivity contribution >= 4 is 5.91 Å². The molecule has 0 unspecified atom stereocenters. The number of carbonyl (C=O) groups excluding carboxylic acids is 1. The molecule has 98 valence electrons. The molecule has 1 amide bonds. The molecule has 18 heavy (non-hydrogen) atoms. The van der Waals surface area contributed by atoms with Crippen molar-refractivity contribution in [2.45, 2.75) is 32.2 Å². The predicted octanol–water partition coefficient (Wildman–Crippen LogP) is 1.39. The van der Waals surface area contributed by atoms with Crippen molar-refractivity contribution in [3.05, 3.63) is 34.5 Å². The number of aromatic nitrogens is 1. The molecule has 1 fully saturated rings. The minimum absolute atomic E-state index is 0.0728. The molecule has 4 nitrogen and oxygen atoms in total. The van der Waals surface area contributed by atoms with E-state index in [0.29, 0.717) is 0 Å². The van der Waals surface area contributed by atoms with Crippen molar-refractivity contribution in [3.63, 3.8) is 0 Å². The van der Waals surface area contributed by atoms with E-state index in [9.17, 15) is 14.0 Å². The topological polar surface area (TPSA) is 42.3 Å². The number of carbonyl (C=O) groups is 1. The zero-order chi connectivity index (χ0) is 13.0. The van der Waals surface area contributed by atoms with Crippen LogP contribution in [0.5, 0.6) is 0 Å². The van der Waals surface area contributed by atoms with Gasteiger partial charge in [0.2, 0.25) is 5.91 Å². The van der Waals surface area contributed by atoms with E-state index in [1.54, 1.807) is 4.90 Å². The minimum atomic E-state index is -0.502. The Morgan fingerprint density at radius 1 is 1.17 bits per heavy atom. The number of rotatable bonds is 2. The highest BCUT2D eigenvalue weighted by atomic mass is 19.1. The summed E-state index contributed by atoms with van der Waals surface area (Å²) < 4.78 is 14.1. The molecule has 2 heterocycles. The molecule has 0 saturated carbocycles. The Morgan fingerprint density at radius 2 is 1.83 bits per heavy atom. The highest BCUT2D eigenvalue weighted by Crippen LogP contribution is 2.10. The van der Waals surface area contributed by atoms with Gasteiger partial charge in [0.1, 0.15) is 12.4 Å². The zero-order valence-electron chi connectivity index (χ0n) is 10.3. The highest BCUT2D eigenvalue weighted by Gasteiger charge is 2.16. The molecule has 2 rings (SSSR count). The minimum Gasteiger partial charge on any atom is -0.341 e. The van der Waals surface area contributed by atoms with Crippen LogP contribution in [0.15, 0.2) is 23.1 Å². The summed E-state index contributed by atoms with van der Waals surface area (Å²) in [5.74, 6) is -0.608. The molecule has 0 atom stereocenters. The Labute approximate surface area is 105 Å².